The van der Waals surface area contributed by atoms with Crippen LogP contribution in [0.25, 0.3) is 0 Å². The summed E-state index contributed by atoms with van der Waals surface area (Å²) in [6.45, 7) is 3.15. The number of nitrogens with zero attached hydrogens (tertiary/aromatic N) is 4. The predicted molar refractivity (Wildman–Crippen MR) is 81.2 cm³/mol. The van der Waals surface area contributed by atoms with Crippen molar-refractivity contribution in [3.63, 3.8) is 0 Å². The van der Waals surface area contributed by atoms with Crippen LogP contribution in [0.3, 0.4) is 0 Å². The highest BCUT2D eigenvalue weighted by molar-refractivity contribution is 5.86. The number of anilines is 1. The van der Waals surface area contributed by atoms with Gasteiger partial charge in [0, 0.05) is 45.0 Å². The van der Waals surface area contributed by atoms with Crippen LogP contribution in [0.5, 0.6) is 0 Å². The van der Waals surface area contributed by atoms with Gasteiger partial charge in [0.1, 0.15) is 0 Å². The van der Waals surface area contributed by atoms with Gasteiger partial charge in [0.25, 0.3) is 0 Å². The highest BCUT2D eigenvalue weighted by atomic mass is 16.2. The maximum absolute atomic E-state index is 12.3. The van der Waals surface area contributed by atoms with Crippen LogP contribution in [-0.4, -0.2) is 59.4 Å². The number of amides is 2. The standard InChI is InChI=1S/C15H21N5O2/c21-13-11-20(9-6-16-13)14(22)10-12-2-7-19(8-3-12)15-17-4-1-5-18-15/h1,4-5,12H,2-3,6-11H2,(H,16,21). The van der Waals surface area contributed by atoms with E-state index in [0.29, 0.717) is 25.4 Å². The molecule has 3 heterocycles. The second kappa shape index (κ2) is 6.72. The predicted octanol–water partition coefficient (Wildman–Crippen LogP) is 0.0415. The molecule has 1 aromatic rings. The average Bonchev–Trinajstić information content (AvgIpc) is 2.56. The van der Waals surface area contributed by atoms with Gasteiger partial charge in [-0.2, -0.15) is 0 Å². The smallest absolute Gasteiger partial charge is 0.239 e. The first-order chi connectivity index (χ1) is 10.7. The maximum atomic E-state index is 12.3. The van der Waals surface area contributed by atoms with Gasteiger partial charge in [0.2, 0.25) is 17.8 Å². The number of hydrogen-bond acceptors (Lipinski definition) is 5. The molecule has 0 saturated carbocycles. The molecule has 0 unspecified atom stereocenters. The summed E-state index contributed by atoms with van der Waals surface area (Å²) in [4.78, 5) is 36.0. The SMILES string of the molecule is O=C1CN(C(=O)CC2CCN(c3ncccn3)CC2)CCN1. The molecule has 0 aliphatic carbocycles. The Kier molecular flexibility index (Phi) is 4.50. The Bertz CT molecular complexity index is 528. The van der Waals surface area contributed by atoms with Crippen LogP contribution in [-0.2, 0) is 9.59 Å². The number of piperazine rings is 1. The van der Waals surface area contributed by atoms with Crippen LogP contribution in [0, 0.1) is 5.92 Å². The van der Waals surface area contributed by atoms with Gasteiger partial charge in [0.15, 0.2) is 0 Å². The van der Waals surface area contributed by atoms with Crippen LogP contribution < -0.4 is 10.2 Å². The molecule has 0 bridgehead atoms. The van der Waals surface area contributed by atoms with E-state index in [0.717, 1.165) is 31.9 Å². The van der Waals surface area contributed by atoms with Gasteiger partial charge in [-0.05, 0) is 24.8 Å². The van der Waals surface area contributed by atoms with E-state index < -0.39 is 0 Å². The first-order valence-electron chi connectivity index (χ1n) is 7.79. The van der Waals surface area contributed by atoms with E-state index in [-0.39, 0.29) is 18.4 Å². The molecule has 2 fully saturated rings. The van der Waals surface area contributed by atoms with E-state index in [1.807, 2.05) is 6.07 Å². The molecule has 0 radical (unpaired) electrons. The van der Waals surface area contributed by atoms with Crippen molar-refractivity contribution in [2.24, 2.45) is 5.92 Å². The number of nitrogens with one attached hydrogen (secondary N) is 1. The minimum absolute atomic E-state index is 0.0596. The van der Waals surface area contributed by atoms with E-state index in [1.165, 1.54) is 0 Å². The van der Waals surface area contributed by atoms with Gasteiger partial charge < -0.3 is 15.1 Å². The molecule has 7 nitrogen and oxygen atoms in total. The number of aromatic nitrogens is 2. The molecular weight excluding hydrogens is 282 g/mol. The van der Waals surface area contributed by atoms with Gasteiger partial charge in [0.05, 0.1) is 6.54 Å². The van der Waals surface area contributed by atoms with Crippen LogP contribution in [0.2, 0.25) is 0 Å². The summed E-state index contributed by atoms with van der Waals surface area (Å²) in [6, 6.07) is 1.81. The number of carbonyl (C=O) groups excluding carboxylic acids is 2. The molecule has 0 aromatic carbocycles. The molecule has 2 saturated heterocycles. The first kappa shape index (κ1) is 14.7. The van der Waals surface area contributed by atoms with E-state index in [1.54, 1.807) is 17.3 Å². The topological polar surface area (TPSA) is 78.4 Å². The van der Waals surface area contributed by atoms with E-state index in [2.05, 4.69) is 20.2 Å². The zero-order valence-corrected chi connectivity index (χ0v) is 12.6. The number of rotatable bonds is 3. The highest BCUT2D eigenvalue weighted by Gasteiger charge is 2.26. The summed E-state index contributed by atoms with van der Waals surface area (Å²) in [6.07, 6.45) is 5.96. The third-order valence-electron chi connectivity index (χ3n) is 4.30. The minimum atomic E-state index is -0.0596. The Morgan fingerprint density at radius 3 is 2.64 bits per heavy atom. The van der Waals surface area contributed by atoms with Crippen molar-refractivity contribution in [1.29, 1.82) is 0 Å². The Morgan fingerprint density at radius 1 is 1.23 bits per heavy atom. The summed E-state index contributed by atoms with van der Waals surface area (Å²) < 4.78 is 0. The molecule has 2 aliphatic heterocycles. The zero-order valence-electron chi connectivity index (χ0n) is 12.6. The Hall–Kier alpha value is -2.18. The largest absolute Gasteiger partial charge is 0.353 e. The molecule has 0 atom stereocenters. The lowest BCUT2D eigenvalue weighted by Gasteiger charge is -2.33. The molecule has 2 aliphatic rings. The highest BCUT2D eigenvalue weighted by Crippen LogP contribution is 2.23. The normalized spacial score (nSPS) is 19.9. The summed E-state index contributed by atoms with van der Waals surface area (Å²) in [5.74, 6) is 1.19. The summed E-state index contributed by atoms with van der Waals surface area (Å²) in [5.41, 5.74) is 0. The number of piperidine rings is 1. The van der Waals surface area contributed by atoms with E-state index in [4.69, 9.17) is 0 Å². The van der Waals surface area contributed by atoms with Gasteiger partial charge >= 0.3 is 0 Å². The van der Waals surface area contributed by atoms with Crippen molar-refractivity contribution < 1.29 is 9.59 Å². The van der Waals surface area contributed by atoms with Crippen LogP contribution in [0.15, 0.2) is 18.5 Å². The fourth-order valence-electron chi connectivity index (χ4n) is 3.02. The van der Waals surface area contributed by atoms with E-state index >= 15 is 0 Å². The van der Waals surface area contributed by atoms with E-state index in [9.17, 15) is 9.59 Å². The Labute approximate surface area is 129 Å². The van der Waals surface area contributed by atoms with Crippen LogP contribution in [0.4, 0.5) is 5.95 Å². The fourth-order valence-corrected chi connectivity index (χ4v) is 3.02. The van der Waals surface area contributed by atoms with Crippen LogP contribution >= 0.6 is 0 Å². The monoisotopic (exact) mass is 303 g/mol. The van der Waals surface area contributed by atoms with Crippen molar-refractivity contribution in [2.45, 2.75) is 19.3 Å². The lowest BCUT2D eigenvalue weighted by atomic mass is 9.93. The van der Waals surface area contributed by atoms with Crippen molar-refractivity contribution in [3.05, 3.63) is 18.5 Å². The first-order valence-corrected chi connectivity index (χ1v) is 7.79. The van der Waals surface area contributed by atoms with Crippen molar-refractivity contribution in [3.8, 4) is 0 Å². The number of hydrogen-bond donors (Lipinski definition) is 1. The lowest BCUT2D eigenvalue weighted by Crippen LogP contribution is -2.50. The molecule has 1 aromatic heterocycles. The summed E-state index contributed by atoms with van der Waals surface area (Å²) in [7, 11) is 0. The molecule has 7 heteroatoms. The third kappa shape index (κ3) is 3.52. The summed E-state index contributed by atoms with van der Waals surface area (Å²) >= 11 is 0. The zero-order chi connectivity index (χ0) is 15.4. The molecule has 3 rings (SSSR count). The molecule has 118 valence electrons. The quantitative estimate of drug-likeness (QED) is 0.853. The van der Waals surface area contributed by atoms with Crippen molar-refractivity contribution >= 4 is 17.8 Å². The Balaban J connectivity index is 1.47. The fraction of sp³-hybridized carbons (Fsp3) is 0.600. The molecule has 22 heavy (non-hydrogen) atoms. The molecular formula is C15H21N5O2. The summed E-state index contributed by atoms with van der Waals surface area (Å²) in [5, 5.41) is 2.74. The second-order valence-electron chi connectivity index (χ2n) is 5.85. The average molecular weight is 303 g/mol. The Morgan fingerprint density at radius 2 is 1.95 bits per heavy atom. The molecule has 0 spiro atoms. The van der Waals surface area contributed by atoms with Gasteiger partial charge in [-0.1, -0.05) is 0 Å². The lowest BCUT2D eigenvalue weighted by molar-refractivity contribution is -0.139. The van der Waals surface area contributed by atoms with Gasteiger partial charge in [-0.25, -0.2) is 9.97 Å². The number of carbonyl (C=O) groups is 2. The van der Waals surface area contributed by atoms with Crippen molar-refractivity contribution in [2.75, 3.05) is 37.6 Å². The second-order valence-corrected chi connectivity index (χ2v) is 5.85. The van der Waals surface area contributed by atoms with Gasteiger partial charge in [-0.3, -0.25) is 9.59 Å². The third-order valence-corrected chi connectivity index (χ3v) is 4.30. The maximum Gasteiger partial charge on any atom is 0.239 e. The minimum Gasteiger partial charge on any atom is -0.353 e. The van der Waals surface area contributed by atoms with Crippen LogP contribution in [0.1, 0.15) is 19.3 Å². The molecule has 2 amide bonds. The van der Waals surface area contributed by atoms with Gasteiger partial charge in [-0.15, -0.1) is 0 Å². The van der Waals surface area contributed by atoms with Crippen molar-refractivity contribution in [1.82, 2.24) is 20.2 Å². The molecule has 1 N–H and O–H groups in total.